The first-order valence-electron chi connectivity index (χ1n) is 13.3. The summed E-state index contributed by atoms with van der Waals surface area (Å²) in [6.45, 7) is 4.30. The van der Waals surface area contributed by atoms with Crippen molar-refractivity contribution in [2.24, 2.45) is 11.8 Å². The number of aliphatic carboxylic acids is 1. The largest absolute Gasteiger partial charge is 0.496 e. The van der Waals surface area contributed by atoms with Crippen molar-refractivity contribution in [3.05, 3.63) is 70.7 Å². The number of carboxylic acids is 1. The maximum Gasteiger partial charge on any atom is 0.306 e. The van der Waals surface area contributed by atoms with E-state index >= 15 is 0 Å². The second-order valence-electron chi connectivity index (χ2n) is 10.2. The smallest absolute Gasteiger partial charge is 0.306 e. The molecule has 0 radical (unpaired) electrons. The van der Waals surface area contributed by atoms with Gasteiger partial charge in [0.05, 0.1) is 13.0 Å². The molecule has 0 amide bonds. The highest BCUT2D eigenvalue weighted by atomic mass is 35.5. The molecule has 9 heteroatoms. The summed E-state index contributed by atoms with van der Waals surface area (Å²) >= 11 is 7.75. The third kappa shape index (κ3) is 7.65. The van der Waals surface area contributed by atoms with Gasteiger partial charge in [0.15, 0.2) is 11.8 Å². The summed E-state index contributed by atoms with van der Waals surface area (Å²) in [4.78, 5) is 14.9. The highest BCUT2D eigenvalue weighted by molar-refractivity contribution is 7.99. The quantitative estimate of drug-likeness (QED) is 0.205. The molecule has 0 aliphatic heterocycles. The number of carboxylic acid groups (broad SMARTS) is 1. The van der Waals surface area contributed by atoms with Crippen LogP contribution in [0.5, 0.6) is 17.5 Å². The minimum atomic E-state index is -0.674. The Morgan fingerprint density at radius 1 is 1.08 bits per heavy atom. The molecule has 4 rings (SSSR count). The number of benzene rings is 2. The van der Waals surface area contributed by atoms with Gasteiger partial charge in [-0.15, -0.1) is 11.8 Å². The van der Waals surface area contributed by atoms with Gasteiger partial charge in [0.25, 0.3) is 0 Å². The summed E-state index contributed by atoms with van der Waals surface area (Å²) in [7, 11) is 1.67. The van der Waals surface area contributed by atoms with Crippen LogP contribution in [-0.4, -0.2) is 50.2 Å². The molecule has 1 heterocycles. The topological polar surface area (TPSA) is 95.2 Å². The third-order valence-electron chi connectivity index (χ3n) is 7.71. The highest BCUT2D eigenvalue weighted by Gasteiger charge is 2.28. The molecule has 3 aromatic rings. The lowest BCUT2D eigenvalue weighted by atomic mass is 9.81. The summed E-state index contributed by atoms with van der Waals surface area (Å²) in [6.07, 6.45) is 3.32. The molecule has 1 aliphatic rings. The van der Waals surface area contributed by atoms with Crippen LogP contribution >= 0.6 is 23.4 Å². The fraction of sp³-hybridized carbons (Fsp3) is 0.433. The average Bonchev–Trinajstić information content (AvgIpc) is 3.26. The minimum Gasteiger partial charge on any atom is -0.496 e. The maximum atomic E-state index is 11.4. The van der Waals surface area contributed by atoms with Crippen molar-refractivity contribution in [2.75, 3.05) is 19.4 Å². The average molecular weight is 573 g/mol. The van der Waals surface area contributed by atoms with Crippen LogP contribution in [0.3, 0.4) is 0 Å². The Hall–Kier alpha value is -2.81. The van der Waals surface area contributed by atoms with E-state index < -0.39 is 5.97 Å². The van der Waals surface area contributed by atoms with Gasteiger partial charge in [-0.25, -0.2) is 0 Å². The molecule has 0 bridgehead atoms. The molecule has 2 aromatic carbocycles. The van der Waals surface area contributed by atoms with E-state index in [-0.39, 0.29) is 23.7 Å². The molecule has 1 saturated carbocycles. The van der Waals surface area contributed by atoms with E-state index in [1.54, 1.807) is 18.9 Å². The Morgan fingerprint density at radius 2 is 1.74 bits per heavy atom. The molecular formula is C30H37ClN2O5S. The Bertz CT molecular complexity index is 1220. The molecular weight excluding hydrogens is 536 g/mol. The Morgan fingerprint density at radius 3 is 2.36 bits per heavy atom. The number of aromatic hydroxyl groups is 2. The van der Waals surface area contributed by atoms with Crippen molar-refractivity contribution in [1.29, 1.82) is 0 Å². The monoisotopic (exact) mass is 572 g/mol. The molecule has 0 unspecified atom stereocenters. The summed E-state index contributed by atoms with van der Waals surface area (Å²) < 4.78 is 7.20. The van der Waals surface area contributed by atoms with E-state index in [9.17, 15) is 20.1 Å². The van der Waals surface area contributed by atoms with Crippen LogP contribution in [0.1, 0.15) is 49.8 Å². The number of ether oxygens (including phenoxy) is 1. The molecule has 1 fully saturated rings. The van der Waals surface area contributed by atoms with Gasteiger partial charge >= 0.3 is 5.97 Å². The molecule has 210 valence electrons. The molecule has 1 aliphatic carbocycles. The fourth-order valence-corrected chi connectivity index (χ4v) is 6.39. The van der Waals surface area contributed by atoms with E-state index in [0.29, 0.717) is 23.2 Å². The zero-order valence-electron chi connectivity index (χ0n) is 22.4. The van der Waals surface area contributed by atoms with Gasteiger partial charge in [0.1, 0.15) is 5.75 Å². The molecule has 3 N–H and O–H groups in total. The van der Waals surface area contributed by atoms with Gasteiger partial charge in [-0.05, 0) is 73.9 Å². The van der Waals surface area contributed by atoms with Crippen molar-refractivity contribution >= 4 is 29.3 Å². The van der Waals surface area contributed by atoms with Crippen molar-refractivity contribution in [3.63, 3.8) is 0 Å². The van der Waals surface area contributed by atoms with Gasteiger partial charge in [0.2, 0.25) is 0 Å². The predicted octanol–water partition coefficient (Wildman–Crippen LogP) is 6.81. The molecule has 1 aromatic heterocycles. The maximum absolute atomic E-state index is 11.4. The third-order valence-corrected chi connectivity index (χ3v) is 9.00. The summed E-state index contributed by atoms with van der Waals surface area (Å²) in [5.41, 5.74) is 2.33. The van der Waals surface area contributed by atoms with Crippen LogP contribution in [0.4, 0.5) is 0 Å². The standard InChI is InChI=1S/C30H37ClN2O5S/c1-20(23-8-10-25(31)11-9-23)32(18-21-3-6-24(7-4-21)30(36)37)19-22-5-12-27(26(17-22)38-2)39-16-15-33-28(34)13-14-29(33)35/h5,8-14,17,20-21,24,34-35H,3-4,6-7,15-16,18-19H2,1-2H3,(H,36,37)/t20-,21?,24?/m0/s1. The van der Waals surface area contributed by atoms with Gasteiger partial charge in [-0.3, -0.25) is 14.3 Å². The number of carbonyl (C=O) groups is 1. The number of methoxy groups -OCH3 is 1. The Balaban J connectivity index is 1.46. The molecule has 1 atom stereocenters. The van der Waals surface area contributed by atoms with Crippen molar-refractivity contribution in [1.82, 2.24) is 9.47 Å². The van der Waals surface area contributed by atoms with Gasteiger partial charge in [-0.2, -0.15) is 0 Å². The summed E-state index contributed by atoms with van der Waals surface area (Å²) in [5, 5.41) is 29.9. The van der Waals surface area contributed by atoms with Crippen LogP contribution in [0, 0.1) is 11.8 Å². The lowest BCUT2D eigenvalue weighted by Gasteiger charge is -2.35. The minimum absolute atomic E-state index is 0.0433. The van der Waals surface area contributed by atoms with Gasteiger partial charge in [0, 0.05) is 53.5 Å². The first-order chi connectivity index (χ1) is 18.7. The van der Waals surface area contributed by atoms with Gasteiger partial charge in [-0.1, -0.05) is 29.8 Å². The zero-order valence-corrected chi connectivity index (χ0v) is 24.0. The van der Waals surface area contributed by atoms with Crippen LogP contribution in [0.25, 0.3) is 0 Å². The van der Waals surface area contributed by atoms with E-state index in [4.69, 9.17) is 16.3 Å². The van der Waals surface area contributed by atoms with E-state index in [1.807, 2.05) is 12.1 Å². The number of aromatic nitrogens is 1. The van der Waals surface area contributed by atoms with Crippen molar-refractivity contribution in [2.45, 2.75) is 56.6 Å². The first-order valence-corrected chi connectivity index (χ1v) is 14.7. The second kappa shape index (κ2) is 13.5. The lowest BCUT2D eigenvalue weighted by molar-refractivity contribution is -0.143. The number of thioether (sulfide) groups is 1. The number of hydrogen-bond acceptors (Lipinski definition) is 6. The van der Waals surface area contributed by atoms with E-state index in [2.05, 4.69) is 42.2 Å². The van der Waals surface area contributed by atoms with E-state index in [0.717, 1.165) is 55.0 Å². The number of nitrogens with zero attached hydrogens (tertiary/aromatic N) is 2. The SMILES string of the molecule is COc1cc(CN(CC2CCC(C(=O)O)CC2)[C@@H](C)c2ccc(Cl)cc2)ccc1SCCn1c(O)ccc1O. The molecule has 39 heavy (non-hydrogen) atoms. The Kier molecular flexibility index (Phi) is 10.1. The van der Waals surface area contributed by atoms with E-state index in [1.165, 1.54) is 22.3 Å². The second-order valence-corrected chi connectivity index (χ2v) is 11.8. The number of halogens is 1. The summed E-state index contributed by atoms with van der Waals surface area (Å²) in [5.74, 6) is 1.09. The summed E-state index contributed by atoms with van der Waals surface area (Å²) in [6, 6.07) is 17.4. The van der Waals surface area contributed by atoms with Crippen LogP contribution in [0.2, 0.25) is 5.02 Å². The number of rotatable bonds is 12. The van der Waals surface area contributed by atoms with Crippen LogP contribution < -0.4 is 4.74 Å². The van der Waals surface area contributed by atoms with Gasteiger partial charge < -0.3 is 20.1 Å². The van der Waals surface area contributed by atoms with Crippen LogP contribution in [0.15, 0.2) is 59.5 Å². The zero-order chi connectivity index (χ0) is 27.9. The molecule has 7 nitrogen and oxygen atoms in total. The fourth-order valence-electron chi connectivity index (χ4n) is 5.32. The first kappa shape index (κ1) is 29.2. The number of hydrogen-bond donors (Lipinski definition) is 3. The highest BCUT2D eigenvalue weighted by Crippen LogP contribution is 2.35. The van der Waals surface area contributed by atoms with Crippen molar-refractivity contribution < 1.29 is 24.9 Å². The lowest BCUT2D eigenvalue weighted by Crippen LogP contribution is -2.34. The van der Waals surface area contributed by atoms with Crippen molar-refractivity contribution in [3.8, 4) is 17.5 Å². The molecule has 0 saturated heterocycles. The Labute approximate surface area is 239 Å². The predicted molar refractivity (Wildman–Crippen MR) is 155 cm³/mol. The van der Waals surface area contributed by atoms with Crippen LogP contribution in [-0.2, 0) is 17.9 Å². The molecule has 0 spiro atoms. The normalized spacial score (nSPS) is 18.3.